The summed E-state index contributed by atoms with van der Waals surface area (Å²) in [7, 11) is 0. The minimum absolute atomic E-state index is 0.00652. The highest BCUT2D eigenvalue weighted by Gasteiger charge is 2.40. The molecule has 0 bridgehead atoms. The molecular formula is C17H25N5O2. The summed E-state index contributed by atoms with van der Waals surface area (Å²) in [5.74, 6) is 0.920. The molecule has 2 aliphatic rings. The van der Waals surface area contributed by atoms with Crippen molar-refractivity contribution in [1.82, 2.24) is 14.8 Å². The predicted molar refractivity (Wildman–Crippen MR) is 91.1 cm³/mol. The largest absolute Gasteiger partial charge is 0.384 e. The summed E-state index contributed by atoms with van der Waals surface area (Å²) in [5.41, 5.74) is 11.8. The molecular weight excluding hydrogens is 306 g/mol. The normalized spacial score (nSPS) is 24.0. The van der Waals surface area contributed by atoms with Gasteiger partial charge in [-0.05, 0) is 43.9 Å². The van der Waals surface area contributed by atoms with Crippen LogP contribution in [0.25, 0.3) is 0 Å². The molecule has 130 valence electrons. The molecule has 1 aromatic heterocycles. The van der Waals surface area contributed by atoms with Crippen LogP contribution in [0.5, 0.6) is 0 Å². The van der Waals surface area contributed by atoms with Crippen LogP contribution < -0.4 is 11.5 Å². The zero-order valence-corrected chi connectivity index (χ0v) is 13.9. The summed E-state index contributed by atoms with van der Waals surface area (Å²) >= 11 is 0. The summed E-state index contributed by atoms with van der Waals surface area (Å²) in [6.45, 7) is 2.67. The van der Waals surface area contributed by atoms with Gasteiger partial charge in [0.25, 0.3) is 5.91 Å². The second kappa shape index (κ2) is 7.17. The molecule has 0 unspecified atom stereocenters. The molecule has 0 spiro atoms. The second-order valence-electron chi connectivity index (χ2n) is 6.60. The van der Waals surface area contributed by atoms with Crippen LogP contribution in [0.15, 0.2) is 18.3 Å². The number of pyridine rings is 1. The quantitative estimate of drug-likeness (QED) is 0.834. The highest BCUT2D eigenvalue weighted by Crippen LogP contribution is 2.32. The molecule has 0 saturated carbocycles. The fourth-order valence-electron chi connectivity index (χ4n) is 3.85. The van der Waals surface area contributed by atoms with Gasteiger partial charge < -0.3 is 21.3 Å². The smallest absolute Gasteiger partial charge is 0.254 e. The van der Waals surface area contributed by atoms with E-state index in [-0.39, 0.29) is 17.9 Å². The van der Waals surface area contributed by atoms with Gasteiger partial charge in [-0.3, -0.25) is 9.59 Å². The minimum Gasteiger partial charge on any atom is -0.384 e. The van der Waals surface area contributed by atoms with Crippen LogP contribution in [0.3, 0.4) is 0 Å². The molecule has 7 heteroatoms. The lowest BCUT2D eigenvalue weighted by atomic mass is 9.83. The molecule has 3 heterocycles. The van der Waals surface area contributed by atoms with Gasteiger partial charge in [0.15, 0.2) is 0 Å². The van der Waals surface area contributed by atoms with E-state index in [9.17, 15) is 9.59 Å². The Hall–Kier alpha value is -2.15. The predicted octanol–water partition coefficient (Wildman–Crippen LogP) is 0.466. The van der Waals surface area contributed by atoms with E-state index in [4.69, 9.17) is 11.5 Å². The molecule has 0 radical (unpaired) electrons. The number of anilines is 1. The molecule has 0 aromatic carbocycles. The zero-order valence-electron chi connectivity index (χ0n) is 13.9. The number of nitrogens with zero attached hydrogens (tertiary/aromatic N) is 3. The molecule has 2 saturated heterocycles. The number of carbonyl (C=O) groups is 2. The summed E-state index contributed by atoms with van der Waals surface area (Å²) in [6, 6.07) is 3.55. The van der Waals surface area contributed by atoms with Crippen molar-refractivity contribution in [3.63, 3.8) is 0 Å². The van der Waals surface area contributed by atoms with Crippen LogP contribution in [0, 0.1) is 5.92 Å². The molecule has 24 heavy (non-hydrogen) atoms. The highest BCUT2D eigenvalue weighted by atomic mass is 16.2. The SMILES string of the molecule is NCCCN1C(=O)CC[C@H]2CN(C(=O)c3ccnc(N)c3)CC[C@H]21. The maximum atomic E-state index is 12.7. The summed E-state index contributed by atoms with van der Waals surface area (Å²) < 4.78 is 0. The van der Waals surface area contributed by atoms with Gasteiger partial charge in [-0.25, -0.2) is 4.98 Å². The standard InChI is InChI=1S/C17H25N5O2/c18-6-1-8-22-14-5-9-21(11-13(14)2-3-16(22)23)17(24)12-4-7-20-15(19)10-12/h4,7,10,13-14H,1-3,5-6,8-9,11,18H2,(H2,19,20)/t13-,14+/m0/s1. The van der Waals surface area contributed by atoms with Gasteiger partial charge in [0.2, 0.25) is 5.91 Å². The van der Waals surface area contributed by atoms with Crippen LogP contribution in [0.1, 0.15) is 36.0 Å². The van der Waals surface area contributed by atoms with Crippen LogP contribution in [-0.2, 0) is 4.79 Å². The molecule has 4 N–H and O–H groups in total. The first-order valence-corrected chi connectivity index (χ1v) is 8.60. The fourth-order valence-corrected chi connectivity index (χ4v) is 3.85. The number of likely N-dealkylation sites (tertiary alicyclic amines) is 2. The number of hydrogen-bond donors (Lipinski definition) is 2. The average Bonchev–Trinajstić information content (AvgIpc) is 2.60. The van der Waals surface area contributed by atoms with E-state index in [2.05, 4.69) is 4.98 Å². The number of carbonyl (C=O) groups excluding carboxylic acids is 2. The van der Waals surface area contributed by atoms with Crippen molar-refractivity contribution < 1.29 is 9.59 Å². The average molecular weight is 331 g/mol. The monoisotopic (exact) mass is 331 g/mol. The first kappa shape index (κ1) is 16.7. The van der Waals surface area contributed by atoms with E-state index >= 15 is 0 Å². The van der Waals surface area contributed by atoms with Gasteiger partial charge in [-0.15, -0.1) is 0 Å². The molecule has 2 atom stereocenters. The highest BCUT2D eigenvalue weighted by molar-refractivity contribution is 5.94. The lowest BCUT2D eigenvalue weighted by molar-refractivity contribution is -0.140. The first-order valence-electron chi connectivity index (χ1n) is 8.60. The minimum atomic E-state index is -0.00652. The number of nitrogen functional groups attached to an aromatic ring is 1. The third-order valence-corrected chi connectivity index (χ3v) is 5.06. The molecule has 0 aliphatic carbocycles. The molecule has 2 aliphatic heterocycles. The molecule has 1 aromatic rings. The lowest BCUT2D eigenvalue weighted by Gasteiger charge is -2.47. The van der Waals surface area contributed by atoms with Crippen molar-refractivity contribution >= 4 is 17.6 Å². The van der Waals surface area contributed by atoms with Crippen molar-refractivity contribution in [3.05, 3.63) is 23.9 Å². The number of nitrogens with two attached hydrogens (primary N) is 2. The van der Waals surface area contributed by atoms with Crippen molar-refractivity contribution in [2.24, 2.45) is 11.7 Å². The molecule has 7 nitrogen and oxygen atoms in total. The van der Waals surface area contributed by atoms with Crippen molar-refractivity contribution in [3.8, 4) is 0 Å². The summed E-state index contributed by atoms with van der Waals surface area (Å²) in [6.07, 6.45) is 4.63. The van der Waals surface area contributed by atoms with Gasteiger partial charge >= 0.3 is 0 Å². The Bertz CT molecular complexity index is 621. The molecule has 2 fully saturated rings. The van der Waals surface area contributed by atoms with Crippen molar-refractivity contribution in [1.29, 1.82) is 0 Å². The van der Waals surface area contributed by atoms with Crippen molar-refractivity contribution in [2.45, 2.75) is 31.7 Å². The van der Waals surface area contributed by atoms with E-state index in [0.717, 1.165) is 25.8 Å². The van der Waals surface area contributed by atoms with Gasteiger partial charge in [0.1, 0.15) is 5.82 Å². The Balaban J connectivity index is 1.68. The fraction of sp³-hybridized carbons (Fsp3) is 0.588. The van der Waals surface area contributed by atoms with Gasteiger partial charge in [-0.2, -0.15) is 0 Å². The van der Waals surface area contributed by atoms with E-state index in [0.29, 0.717) is 43.4 Å². The first-order chi connectivity index (χ1) is 11.6. The lowest BCUT2D eigenvalue weighted by Crippen LogP contribution is -2.57. The van der Waals surface area contributed by atoms with E-state index < -0.39 is 0 Å². The maximum Gasteiger partial charge on any atom is 0.254 e. The van der Waals surface area contributed by atoms with Crippen LogP contribution in [0.2, 0.25) is 0 Å². The molecule has 3 rings (SSSR count). The van der Waals surface area contributed by atoms with E-state index in [1.165, 1.54) is 0 Å². The zero-order chi connectivity index (χ0) is 17.1. The third kappa shape index (κ3) is 3.36. The van der Waals surface area contributed by atoms with Crippen molar-refractivity contribution in [2.75, 3.05) is 31.9 Å². The topological polar surface area (TPSA) is 106 Å². The number of fused-ring (bicyclic) bond motifs is 1. The Labute approximate surface area is 142 Å². The number of aromatic nitrogens is 1. The van der Waals surface area contributed by atoms with Crippen LogP contribution >= 0.6 is 0 Å². The Morgan fingerprint density at radius 3 is 2.96 bits per heavy atom. The number of rotatable bonds is 4. The number of hydrogen-bond acceptors (Lipinski definition) is 5. The van der Waals surface area contributed by atoms with Crippen LogP contribution in [0.4, 0.5) is 5.82 Å². The second-order valence-corrected chi connectivity index (χ2v) is 6.60. The Morgan fingerprint density at radius 1 is 1.38 bits per heavy atom. The Kier molecular flexibility index (Phi) is 4.99. The van der Waals surface area contributed by atoms with Gasteiger partial charge in [0, 0.05) is 43.9 Å². The van der Waals surface area contributed by atoms with Gasteiger partial charge in [0.05, 0.1) is 0 Å². The summed E-state index contributed by atoms with van der Waals surface area (Å²) in [4.78, 5) is 32.7. The third-order valence-electron chi connectivity index (χ3n) is 5.06. The number of amides is 2. The van der Waals surface area contributed by atoms with Crippen LogP contribution in [-0.4, -0.2) is 58.8 Å². The molecule has 2 amide bonds. The van der Waals surface area contributed by atoms with E-state index in [1.807, 2.05) is 9.80 Å². The van der Waals surface area contributed by atoms with E-state index in [1.54, 1.807) is 18.3 Å². The van der Waals surface area contributed by atoms with Gasteiger partial charge in [-0.1, -0.05) is 0 Å². The summed E-state index contributed by atoms with van der Waals surface area (Å²) in [5, 5.41) is 0. The maximum absolute atomic E-state index is 12.7. The Morgan fingerprint density at radius 2 is 2.21 bits per heavy atom. The number of piperidine rings is 2.